The zero-order valence-corrected chi connectivity index (χ0v) is 14.6. The van der Waals surface area contributed by atoms with Crippen molar-refractivity contribution in [2.24, 2.45) is 13.0 Å². The molecule has 0 saturated carbocycles. The molecule has 134 valence electrons. The Morgan fingerprint density at radius 1 is 1.23 bits per heavy atom. The molecule has 3 aromatic heterocycles. The van der Waals surface area contributed by atoms with Crippen LogP contribution < -0.4 is 5.32 Å². The van der Waals surface area contributed by atoms with Crippen molar-refractivity contribution >= 4 is 16.8 Å². The lowest BCUT2D eigenvalue weighted by molar-refractivity contribution is 0.0499. The van der Waals surface area contributed by atoms with Crippen molar-refractivity contribution in [2.75, 3.05) is 13.2 Å². The van der Waals surface area contributed by atoms with Crippen LogP contribution in [0.2, 0.25) is 0 Å². The van der Waals surface area contributed by atoms with Gasteiger partial charge >= 0.3 is 0 Å². The largest absolute Gasteiger partial charge is 0.381 e. The van der Waals surface area contributed by atoms with Gasteiger partial charge in [0, 0.05) is 56.6 Å². The summed E-state index contributed by atoms with van der Waals surface area (Å²) in [6, 6.07) is 3.38. The van der Waals surface area contributed by atoms with Gasteiger partial charge in [-0.25, -0.2) is 4.98 Å². The molecular weight excluding hydrogens is 330 g/mol. The Bertz CT molecular complexity index is 912. The molecule has 1 amide bonds. The van der Waals surface area contributed by atoms with E-state index in [0.29, 0.717) is 24.7 Å². The molecule has 0 aliphatic carbocycles. The highest BCUT2D eigenvalue weighted by Gasteiger charge is 2.30. The number of carbonyl (C=O) groups is 1. The van der Waals surface area contributed by atoms with Crippen LogP contribution in [0, 0.1) is 5.92 Å². The number of aromatic nitrogens is 4. The van der Waals surface area contributed by atoms with Gasteiger partial charge in [-0.1, -0.05) is 0 Å². The van der Waals surface area contributed by atoms with E-state index in [0.717, 1.165) is 29.6 Å². The maximum Gasteiger partial charge on any atom is 0.252 e. The minimum absolute atomic E-state index is 0.134. The molecule has 1 saturated heterocycles. The normalized spacial score (nSPS) is 16.5. The Hall–Kier alpha value is -2.80. The van der Waals surface area contributed by atoms with Crippen LogP contribution in [0.4, 0.5) is 0 Å². The SMILES string of the molecule is Cn1ccnc1C(NC(=O)c1ccnc2ccncc12)C1CCOCC1. The van der Waals surface area contributed by atoms with E-state index >= 15 is 0 Å². The molecule has 0 radical (unpaired) electrons. The maximum absolute atomic E-state index is 13.1. The summed E-state index contributed by atoms with van der Waals surface area (Å²) >= 11 is 0. The molecule has 3 aromatic rings. The van der Waals surface area contributed by atoms with Crippen LogP contribution in [0.5, 0.6) is 0 Å². The number of hydrogen-bond donors (Lipinski definition) is 1. The Morgan fingerprint density at radius 2 is 2.08 bits per heavy atom. The average Bonchev–Trinajstić information content (AvgIpc) is 3.12. The second kappa shape index (κ2) is 7.21. The first-order valence-electron chi connectivity index (χ1n) is 8.78. The van der Waals surface area contributed by atoms with Crippen molar-refractivity contribution in [3.05, 3.63) is 54.5 Å². The fourth-order valence-corrected chi connectivity index (χ4v) is 3.53. The number of imidazole rings is 1. The predicted octanol–water partition coefficient (Wildman–Crippen LogP) is 2.26. The third kappa shape index (κ3) is 3.17. The molecule has 7 nitrogen and oxygen atoms in total. The van der Waals surface area contributed by atoms with Gasteiger partial charge in [0.1, 0.15) is 5.82 Å². The molecule has 1 aliphatic rings. The molecule has 4 rings (SSSR count). The average molecular weight is 351 g/mol. The summed E-state index contributed by atoms with van der Waals surface area (Å²) in [5.41, 5.74) is 1.33. The number of amides is 1. The van der Waals surface area contributed by atoms with Gasteiger partial charge in [0.25, 0.3) is 5.91 Å². The number of hydrogen-bond acceptors (Lipinski definition) is 5. The molecule has 1 aliphatic heterocycles. The number of rotatable bonds is 4. The first kappa shape index (κ1) is 16.7. The van der Waals surface area contributed by atoms with Crippen molar-refractivity contribution in [2.45, 2.75) is 18.9 Å². The van der Waals surface area contributed by atoms with Gasteiger partial charge in [0.2, 0.25) is 0 Å². The molecule has 26 heavy (non-hydrogen) atoms. The van der Waals surface area contributed by atoms with Gasteiger partial charge in [0.15, 0.2) is 0 Å². The van der Waals surface area contributed by atoms with Gasteiger partial charge in [-0.05, 0) is 30.9 Å². The number of nitrogens with one attached hydrogen (secondary N) is 1. The van der Waals surface area contributed by atoms with Crippen molar-refractivity contribution in [3.63, 3.8) is 0 Å². The fraction of sp³-hybridized carbons (Fsp3) is 0.368. The van der Waals surface area contributed by atoms with E-state index in [-0.39, 0.29) is 11.9 Å². The van der Waals surface area contributed by atoms with Crippen molar-refractivity contribution in [1.82, 2.24) is 24.8 Å². The van der Waals surface area contributed by atoms with Crippen LogP contribution in [0.15, 0.2) is 43.1 Å². The molecule has 1 fully saturated rings. The van der Waals surface area contributed by atoms with E-state index in [1.807, 2.05) is 17.8 Å². The number of aryl methyl sites for hydroxylation is 1. The molecule has 1 atom stereocenters. The number of carbonyl (C=O) groups excluding carboxylic acids is 1. The smallest absolute Gasteiger partial charge is 0.252 e. The van der Waals surface area contributed by atoms with Gasteiger partial charge in [-0.2, -0.15) is 0 Å². The second-order valence-corrected chi connectivity index (χ2v) is 6.55. The third-order valence-corrected chi connectivity index (χ3v) is 4.95. The molecular formula is C19H21N5O2. The van der Waals surface area contributed by atoms with E-state index in [2.05, 4.69) is 20.3 Å². The molecule has 4 heterocycles. The number of ether oxygens (including phenoxy) is 1. The maximum atomic E-state index is 13.1. The van der Waals surface area contributed by atoms with E-state index in [1.165, 1.54) is 0 Å². The minimum Gasteiger partial charge on any atom is -0.381 e. The highest BCUT2D eigenvalue weighted by Crippen LogP contribution is 2.29. The van der Waals surface area contributed by atoms with Crippen LogP contribution in [0.25, 0.3) is 10.9 Å². The summed E-state index contributed by atoms with van der Waals surface area (Å²) in [5, 5.41) is 3.95. The number of fused-ring (bicyclic) bond motifs is 1. The summed E-state index contributed by atoms with van der Waals surface area (Å²) in [6.07, 6.45) is 10.5. The van der Waals surface area contributed by atoms with Gasteiger partial charge in [0.05, 0.1) is 17.1 Å². The zero-order valence-electron chi connectivity index (χ0n) is 14.6. The second-order valence-electron chi connectivity index (χ2n) is 6.55. The zero-order chi connectivity index (χ0) is 17.9. The lowest BCUT2D eigenvalue weighted by Gasteiger charge is -2.30. The Morgan fingerprint density at radius 3 is 2.85 bits per heavy atom. The van der Waals surface area contributed by atoms with Crippen LogP contribution >= 0.6 is 0 Å². The quantitative estimate of drug-likeness (QED) is 0.780. The lowest BCUT2D eigenvalue weighted by Crippen LogP contribution is -2.37. The van der Waals surface area contributed by atoms with Gasteiger partial charge in [-0.3, -0.25) is 14.8 Å². The van der Waals surface area contributed by atoms with Crippen LogP contribution in [0.3, 0.4) is 0 Å². The summed E-state index contributed by atoms with van der Waals surface area (Å²) in [5.74, 6) is 1.02. The topological polar surface area (TPSA) is 81.9 Å². The summed E-state index contributed by atoms with van der Waals surface area (Å²) in [6.45, 7) is 1.42. The first-order valence-corrected chi connectivity index (χ1v) is 8.78. The highest BCUT2D eigenvalue weighted by atomic mass is 16.5. The molecule has 0 bridgehead atoms. The Kier molecular flexibility index (Phi) is 4.62. The van der Waals surface area contributed by atoms with E-state index in [4.69, 9.17) is 4.74 Å². The molecule has 1 N–H and O–H groups in total. The van der Waals surface area contributed by atoms with Crippen molar-refractivity contribution < 1.29 is 9.53 Å². The summed E-state index contributed by atoms with van der Waals surface area (Å²) in [4.78, 5) is 26.0. The van der Waals surface area contributed by atoms with Crippen LogP contribution in [-0.4, -0.2) is 38.6 Å². The summed E-state index contributed by atoms with van der Waals surface area (Å²) in [7, 11) is 1.95. The van der Waals surface area contributed by atoms with Crippen LogP contribution in [0.1, 0.15) is 35.1 Å². The fourth-order valence-electron chi connectivity index (χ4n) is 3.53. The number of pyridine rings is 2. The van der Waals surface area contributed by atoms with E-state index in [9.17, 15) is 4.79 Å². The lowest BCUT2D eigenvalue weighted by atomic mass is 9.90. The van der Waals surface area contributed by atoms with E-state index < -0.39 is 0 Å². The van der Waals surface area contributed by atoms with E-state index in [1.54, 1.807) is 36.9 Å². The van der Waals surface area contributed by atoms with Crippen molar-refractivity contribution in [1.29, 1.82) is 0 Å². The monoisotopic (exact) mass is 351 g/mol. The Balaban J connectivity index is 1.66. The molecule has 1 unspecified atom stereocenters. The predicted molar refractivity (Wildman–Crippen MR) is 96.5 cm³/mol. The van der Waals surface area contributed by atoms with Gasteiger partial charge in [-0.15, -0.1) is 0 Å². The third-order valence-electron chi connectivity index (χ3n) is 4.95. The van der Waals surface area contributed by atoms with Crippen LogP contribution in [-0.2, 0) is 11.8 Å². The molecule has 0 aromatic carbocycles. The molecule has 0 spiro atoms. The molecule has 7 heteroatoms. The minimum atomic E-state index is -0.161. The highest BCUT2D eigenvalue weighted by molar-refractivity contribution is 6.05. The standard InChI is InChI=1S/C19H21N5O2/c1-24-9-8-22-18(24)17(13-4-10-26-11-5-13)23-19(25)14-2-7-21-16-3-6-20-12-15(14)16/h2-3,6-9,12-13,17H,4-5,10-11H2,1H3,(H,23,25). The first-order chi connectivity index (χ1) is 12.7. The van der Waals surface area contributed by atoms with Crippen molar-refractivity contribution in [3.8, 4) is 0 Å². The summed E-state index contributed by atoms with van der Waals surface area (Å²) < 4.78 is 7.45. The van der Waals surface area contributed by atoms with Gasteiger partial charge < -0.3 is 14.6 Å². The Labute approximate surface area is 151 Å². The number of nitrogens with zero attached hydrogens (tertiary/aromatic N) is 4.